The van der Waals surface area contributed by atoms with Crippen molar-refractivity contribution in [3.63, 3.8) is 0 Å². The molecule has 2 N–H and O–H groups in total. The standard InChI is InChI=1S/C35H30ClFN4O6/c1-44-29-19-27-24(34(39-20-38-27)40-26-8-3-7-25(36)33(26)37)18-30(29)46-16-15-45-14-4-5-21-10-12-23(13-11-21)47-28-9-2-6-22-17-31(42)41-35(43)32(22)28/h2-3,6-13,18-20H,4-5,14-17H2,1H3,(H,38,39,40)(H,41,42,43). The van der Waals surface area contributed by atoms with Gasteiger partial charge >= 0.3 is 0 Å². The molecule has 240 valence electrons. The summed E-state index contributed by atoms with van der Waals surface area (Å²) in [5.41, 5.74) is 2.93. The van der Waals surface area contributed by atoms with E-state index in [2.05, 4.69) is 20.6 Å². The molecule has 2 heterocycles. The van der Waals surface area contributed by atoms with Crippen LogP contribution in [0.3, 0.4) is 0 Å². The lowest BCUT2D eigenvalue weighted by molar-refractivity contribution is -0.119. The van der Waals surface area contributed by atoms with E-state index in [0.29, 0.717) is 64.1 Å². The molecular weight excluding hydrogens is 627 g/mol. The maximum Gasteiger partial charge on any atom is 0.261 e. The summed E-state index contributed by atoms with van der Waals surface area (Å²) in [5, 5.41) is 5.95. The van der Waals surface area contributed by atoms with Crippen LogP contribution in [0.4, 0.5) is 15.9 Å². The lowest BCUT2D eigenvalue weighted by atomic mass is 9.99. The first-order chi connectivity index (χ1) is 22.9. The monoisotopic (exact) mass is 656 g/mol. The zero-order chi connectivity index (χ0) is 32.8. The molecule has 0 atom stereocenters. The minimum absolute atomic E-state index is 0.00190. The van der Waals surface area contributed by atoms with Gasteiger partial charge < -0.3 is 24.3 Å². The Morgan fingerprint density at radius 2 is 1.77 bits per heavy atom. The van der Waals surface area contributed by atoms with Gasteiger partial charge in [0.1, 0.15) is 30.3 Å². The molecule has 0 saturated heterocycles. The Morgan fingerprint density at radius 1 is 0.936 bits per heavy atom. The smallest absolute Gasteiger partial charge is 0.261 e. The second-order valence-electron chi connectivity index (χ2n) is 10.6. The summed E-state index contributed by atoms with van der Waals surface area (Å²) < 4.78 is 37.8. The van der Waals surface area contributed by atoms with Crippen molar-refractivity contribution >= 4 is 45.8 Å². The number of methoxy groups -OCH3 is 1. The van der Waals surface area contributed by atoms with E-state index in [0.717, 1.165) is 18.4 Å². The topological polar surface area (TPSA) is 121 Å². The highest BCUT2D eigenvalue weighted by molar-refractivity contribution is 6.31. The zero-order valence-electron chi connectivity index (χ0n) is 25.3. The van der Waals surface area contributed by atoms with Crippen LogP contribution < -0.4 is 24.8 Å². The Balaban J connectivity index is 0.983. The summed E-state index contributed by atoms with van der Waals surface area (Å²) in [6.45, 7) is 1.18. The SMILES string of the molecule is COc1cc2ncnc(Nc3cccc(Cl)c3F)c2cc1OCCOCCCc1ccc(Oc2cccc3c2C(=O)NC(=O)C3)cc1. The molecule has 2 amide bonds. The van der Waals surface area contributed by atoms with Gasteiger partial charge in [-0.1, -0.05) is 41.9 Å². The minimum Gasteiger partial charge on any atom is -0.493 e. The van der Waals surface area contributed by atoms with Crippen molar-refractivity contribution in [1.82, 2.24) is 15.3 Å². The van der Waals surface area contributed by atoms with Crippen molar-refractivity contribution in [2.75, 3.05) is 32.2 Å². The van der Waals surface area contributed by atoms with Gasteiger partial charge in [0.05, 0.1) is 41.9 Å². The van der Waals surface area contributed by atoms with Crippen LogP contribution in [-0.2, 0) is 22.4 Å². The fourth-order valence-corrected chi connectivity index (χ4v) is 5.35. The summed E-state index contributed by atoms with van der Waals surface area (Å²) in [6, 6.07) is 21.1. The highest BCUT2D eigenvalue weighted by Gasteiger charge is 2.26. The Kier molecular flexibility index (Phi) is 9.75. The molecule has 0 radical (unpaired) electrons. The molecule has 6 rings (SSSR count). The van der Waals surface area contributed by atoms with Crippen molar-refractivity contribution in [1.29, 1.82) is 0 Å². The van der Waals surface area contributed by atoms with Crippen molar-refractivity contribution in [2.45, 2.75) is 19.3 Å². The van der Waals surface area contributed by atoms with E-state index in [1.54, 1.807) is 49.6 Å². The molecule has 47 heavy (non-hydrogen) atoms. The number of nitrogens with one attached hydrogen (secondary N) is 2. The second kappa shape index (κ2) is 14.4. The molecule has 1 aliphatic rings. The summed E-state index contributed by atoms with van der Waals surface area (Å²) in [7, 11) is 1.54. The van der Waals surface area contributed by atoms with Gasteiger partial charge in [-0.2, -0.15) is 0 Å². The molecule has 0 fully saturated rings. The summed E-state index contributed by atoms with van der Waals surface area (Å²) >= 11 is 5.93. The number of imide groups is 1. The van der Waals surface area contributed by atoms with Gasteiger partial charge in [-0.3, -0.25) is 14.9 Å². The maximum absolute atomic E-state index is 14.5. The van der Waals surface area contributed by atoms with Gasteiger partial charge in [0.25, 0.3) is 5.91 Å². The summed E-state index contributed by atoms with van der Waals surface area (Å²) in [4.78, 5) is 32.6. The van der Waals surface area contributed by atoms with Crippen LogP contribution in [-0.4, -0.2) is 48.7 Å². The molecule has 4 aromatic carbocycles. The van der Waals surface area contributed by atoms with Crippen LogP contribution in [0.1, 0.15) is 27.9 Å². The number of fused-ring (bicyclic) bond motifs is 2. The number of hydrogen-bond acceptors (Lipinski definition) is 9. The van der Waals surface area contributed by atoms with Crippen LogP contribution in [0.25, 0.3) is 10.9 Å². The number of aromatic nitrogens is 2. The Labute approximate surface area is 274 Å². The first-order valence-electron chi connectivity index (χ1n) is 14.9. The van der Waals surface area contributed by atoms with E-state index in [9.17, 15) is 14.0 Å². The highest BCUT2D eigenvalue weighted by atomic mass is 35.5. The quantitative estimate of drug-likeness (QED) is 0.104. The molecule has 1 aliphatic heterocycles. The summed E-state index contributed by atoms with van der Waals surface area (Å²) in [5.74, 6) is 1.02. The van der Waals surface area contributed by atoms with Crippen molar-refractivity contribution in [3.05, 3.63) is 107 Å². The third-order valence-electron chi connectivity index (χ3n) is 7.46. The lowest BCUT2D eigenvalue weighted by Crippen LogP contribution is -2.37. The van der Waals surface area contributed by atoms with Crippen molar-refractivity contribution < 1.29 is 32.9 Å². The molecule has 12 heteroatoms. The number of halogens is 2. The molecule has 10 nitrogen and oxygen atoms in total. The average Bonchev–Trinajstić information content (AvgIpc) is 3.06. The molecule has 0 spiro atoms. The molecule has 0 unspecified atom stereocenters. The van der Waals surface area contributed by atoms with Gasteiger partial charge in [0.15, 0.2) is 17.3 Å². The number of ether oxygens (including phenoxy) is 4. The predicted octanol–water partition coefficient (Wildman–Crippen LogP) is 6.81. The Hall–Kier alpha value is -5.26. The highest BCUT2D eigenvalue weighted by Crippen LogP contribution is 2.36. The fourth-order valence-electron chi connectivity index (χ4n) is 5.18. The minimum atomic E-state index is -0.577. The summed E-state index contributed by atoms with van der Waals surface area (Å²) in [6.07, 6.45) is 3.12. The number of nitrogens with zero attached hydrogens (tertiary/aromatic N) is 2. The molecule has 0 aliphatic carbocycles. The fraction of sp³-hybridized carbons (Fsp3) is 0.200. The second-order valence-corrected chi connectivity index (χ2v) is 11.0. The van der Waals surface area contributed by atoms with Crippen LogP contribution in [0.5, 0.6) is 23.0 Å². The van der Waals surface area contributed by atoms with Crippen molar-refractivity contribution in [3.8, 4) is 23.0 Å². The number of aryl methyl sites for hydroxylation is 1. The van der Waals surface area contributed by atoms with Gasteiger partial charge in [-0.15, -0.1) is 0 Å². The largest absolute Gasteiger partial charge is 0.493 e. The Bertz CT molecular complexity index is 1940. The van der Waals surface area contributed by atoms with E-state index in [1.165, 1.54) is 12.4 Å². The van der Waals surface area contributed by atoms with Gasteiger partial charge in [0, 0.05) is 18.1 Å². The zero-order valence-corrected chi connectivity index (χ0v) is 26.1. The predicted molar refractivity (Wildman–Crippen MR) is 175 cm³/mol. The number of anilines is 2. The first kappa shape index (κ1) is 31.7. The number of amides is 2. The number of hydrogen-bond donors (Lipinski definition) is 2. The van der Waals surface area contributed by atoms with Crippen LogP contribution in [0.15, 0.2) is 79.1 Å². The van der Waals surface area contributed by atoms with Crippen molar-refractivity contribution in [2.24, 2.45) is 0 Å². The normalized spacial score (nSPS) is 12.4. The first-order valence-corrected chi connectivity index (χ1v) is 15.2. The van der Waals surface area contributed by atoms with Crippen LogP contribution in [0.2, 0.25) is 5.02 Å². The number of carbonyl (C=O) groups is 2. The average molecular weight is 657 g/mol. The number of benzene rings is 4. The van der Waals surface area contributed by atoms with E-state index in [-0.39, 0.29) is 29.6 Å². The molecule has 0 bridgehead atoms. The van der Waals surface area contributed by atoms with Crippen LogP contribution in [0, 0.1) is 5.82 Å². The van der Waals surface area contributed by atoms with Crippen LogP contribution >= 0.6 is 11.6 Å². The molecule has 1 aromatic heterocycles. The third-order valence-corrected chi connectivity index (χ3v) is 7.75. The maximum atomic E-state index is 14.5. The van der Waals surface area contributed by atoms with E-state index in [4.69, 9.17) is 30.5 Å². The van der Waals surface area contributed by atoms with E-state index < -0.39 is 11.7 Å². The molecular formula is C35H30ClFN4O6. The Morgan fingerprint density at radius 3 is 2.60 bits per heavy atom. The number of rotatable bonds is 13. The van der Waals surface area contributed by atoms with Gasteiger partial charge in [0.2, 0.25) is 5.91 Å². The molecule has 5 aromatic rings. The third kappa shape index (κ3) is 7.43. The lowest BCUT2D eigenvalue weighted by Gasteiger charge is -2.18. The molecule has 0 saturated carbocycles. The van der Waals surface area contributed by atoms with Gasteiger partial charge in [-0.05, 0) is 60.4 Å². The van der Waals surface area contributed by atoms with E-state index in [1.807, 2.05) is 24.3 Å². The van der Waals surface area contributed by atoms with E-state index >= 15 is 0 Å². The number of carbonyl (C=O) groups excluding carboxylic acids is 2. The van der Waals surface area contributed by atoms with Gasteiger partial charge in [-0.25, -0.2) is 14.4 Å².